The smallest absolute Gasteiger partial charge is 0.0827 e. The molecule has 1 N–H and O–H groups in total. The fourth-order valence-electron chi connectivity index (χ4n) is 0.668. The molecule has 9 heavy (non-hydrogen) atoms. The van der Waals surface area contributed by atoms with Crippen LogP contribution < -0.4 is 5.32 Å². The predicted octanol–water partition coefficient (Wildman–Crippen LogP) is 0.551. The molecule has 0 aromatic carbocycles. The van der Waals surface area contributed by atoms with Gasteiger partial charge in [-0.15, -0.1) is 0 Å². The minimum absolute atomic E-state index is 0.473. The van der Waals surface area contributed by atoms with Crippen LogP contribution in [0, 0.1) is 0 Å². The molecule has 0 aliphatic carbocycles. The van der Waals surface area contributed by atoms with Crippen molar-refractivity contribution in [2.75, 3.05) is 19.7 Å². The van der Waals surface area contributed by atoms with Crippen LogP contribution in [0.4, 0.5) is 0 Å². The molecule has 0 atom stereocenters. The van der Waals surface area contributed by atoms with Gasteiger partial charge in [0.15, 0.2) is 0 Å². The van der Waals surface area contributed by atoms with Gasteiger partial charge in [-0.25, -0.2) is 0 Å². The quantitative estimate of drug-likeness (QED) is 0.559. The molecule has 0 spiro atoms. The molecule has 0 bridgehead atoms. The molecule has 0 aromatic rings. The lowest BCUT2D eigenvalue weighted by molar-refractivity contribution is 0.0364. The molecule has 0 radical (unpaired) electrons. The van der Waals surface area contributed by atoms with Crippen LogP contribution in [-0.2, 0) is 4.74 Å². The summed E-state index contributed by atoms with van der Waals surface area (Å²) >= 11 is 0. The summed E-state index contributed by atoms with van der Waals surface area (Å²) in [7, 11) is 0. The van der Waals surface area contributed by atoms with Crippen LogP contribution in [-0.4, -0.2) is 25.8 Å². The Morgan fingerprint density at radius 3 is 2.89 bits per heavy atom. The molecule has 1 aliphatic heterocycles. The largest absolute Gasteiger partial charge is 0.372 e. The van der Waals surface area contributed by atoms with Gasteiger partial charge in [0.2, 0.25) is 0 Å². The zero-order valence-electron chi connectivity index (χ0n) is 5.76. The summed E-state index contributed by atoms with van der Waals surface area (Å²) in [4.78, 5) is 0. The Balaban J connectivity index is 1.91. The lowest BCUT2D eigenvalue weighted by Crippen LogP contribution is -2.48. The third kappa shape index (κ3) is 2.16. The summed E-state index contributed by atoms with van der Waals surface area (Å²) in [6.45, 7) is 4.82. The van der Waals surface area contributed by atoms with Gasteiger partial charge in [0, 0.05) is 13.1 Å². The van der Waals surface area contributed by atoms with Gasteiger partial charge in [0.1, 0.15) is 0 Å². The lowest BCUT2D eigenvalue weighted by atomic mass is 10.2. The van der Waals surface area contributed by atoms with Crippen molar-refractivity contribution >= 4 is 0 Å². The summed E-state index contributed by atoms with van der Waals surface area (Å²) in [5.74, 6) is 0. The number of allylic oxidation sites excluding steroid dienone is 1. The third-order valence-electron chi connectivity index (χ3n) is 1.41. The van der Waals surface area contributed by atoms with Crippen molar-refractivity contribution in [1.82, 2.24) is 5.32 Å². The van der Waals surface area contributed by atoms with E-state index >= 15 is 0 Å². The molecular weight excluding hydrogens is 114 g/mol. The van der Waals surface area contributed by atoms with E-state index in [0.717, 1.165) is 19.7 Å². The lowest BCUT2D eigenvalue weighted by Gasteiger charge is -2.26. The van der Waals surface area contributed by atoms with Crippen LogP contribution in [0.3, 0.4) is 0 Å². The van der Waals surface area contributed by atoms with E-state index in [1.807, 2.05) is 19.1 Å². The third-order valence-corrected chi connectivity index (χ3v) is 1.41. The Morgan fingerprint density at radius 2 is 2.44 bits per heavy atom. The first-order chi connectivity index (χ1) is 4.43. The number of nitrogens with one attached hydrogen (secondary N) is 1. The van der Waals surface area contributed by atoms with Crippen molar-refractivity contribution < 1.29 is 4.74 Å². The van der Waals surface area contributed by atoms with Crippen molar-refractivity contribution in [3.8, 4) is 0 Å². The first-order valence-corrected chi connectivity index (χ1v) is 3.37. The van der Waals surface area contributed by atoms with Crippen molar-refractivity contribution in [2.24, 2.45) is 0 Å². The number of hydrogen-bond donors (Lipinski definition) is 1. The molecule has 1 rings (SSSR count). The van der Waals surface area contributed by atoms with Crippen molar-refractivity contribution in [2.45, 2.75) is 13.0 Å². The van der Waals surface area contributed by atoms with Crippen molar-refractivity contribution in [3.63, 3.8) is 0 Å². The molecule has 1 aliphatic rings. The topological polar surface area (TPSA) is 21.3 Å². The second-order valence-corrected chi connectivity index (χ2v) is 2.18. The molecule has 0 aromatic heterocycles. The first-order valence-electron chi connectivity index (χ1n) is 3.37. The summed E-state index contributed by atoms with van der Waals surface area (Å²) in [6, 6.07) is 0. The highest BCUT2D eigenvalue weighted by Crippen LogP contribution is 1.96. The van der Waals surface area contributed by atoms with E-state index in [0.29, 0.717) is 6.10 Å². The van der Waals surface area contributed by atoms with E-state index in [4.69, 9.17) is 4.74 Å². The average Bonchev–Trinajstić information content (AvgIpc) is 1.76. The van der Waals surface area contributed by atoms with Gasteiger partial charge in [-0.2, -0.15) is 0 Å². The van der Waals surface area contributed by atoms with Gasteiger partial charge in [-0.1, -0.05) is 12.2 Å². The van der Waals surface area contributed by atoms with Crippen molar-refractivity contribution in [1.29, 1.82) is 0 Å². The van der Waals surface area contributed by atoms with E-state index in [2.05, 4.69) is 5.32 Å². The molecule has 2 heteroatoms. The Labute approximate surface area is 55.9 Å². The molecule has 1 saturated heterocycles. The number of rotatable bonds is 3. The fraction of sp³-hybridized carbons (Fsp3) is 0.714. The molecule has 52 valence electrons. The van der Waals surface area contributed by atoms with Gasteiger partial charge >= 0.3 is 0 Å². The predicted molar refractivity (Wildman–Crippen MR) is 37.4 cm³/mol. The van der Waals surface area contributed by atoms with Gasteiger partial charge in [-0.05, 0) is 6.92 Å². The van der Waals surface area contributed by atoms with Crippen molar-refractivity contribution in [3.05, 3.63) is 12.2 Å². The summed E-state index contributed by atoms with van der Waals surface area (Å²) in [6.07, 6.45) is 4.51. The molecule has 0 unspecified atom stereocenters. The van der Waals surface area contributed by atoms with Gasteiger partial charge in [0.05, 0.1) is 12.7 Å². The van der Waals surface area contributed by atoms with Gasteiger partial charge in [-0.3, -0.25) is 0 Å². The second kappa shape index (κ2) is 3.64. The zero-order valence-corrected chi connectivity index (χ0v) is 5.76. The van der Waals surface area contributed by atoms with Crippen LogP contribution in [0.15, 0.2) is 12.2 Å². The summed E-state index contributed by atoms with van der Waals surface area (Å²) in [5, 5.41) is 3.14. The monoisotopic (exact) mass is 127 g/mol. The molecule has 0 amide bonds. The van der Waals surface area contributed by atoms with Crippen LogP contribution in [0.2, 0.25) is 0 Å². The van der Waals surface area contributed by atoms with Crippen LogP contribution in [0.5, 0.6) is 0 Å². The molecule has 0 saturated carbocycles. The molecule has 2 nitrogen and oxygen atoms in total. The highest BCUT2D eigenvalue weighted by atomic mass is 16.5. The highest BCUT2D eigenvalue weighted by molar-refractivity contribution is 4.80. The maximum atomic E-state index is 5.37. The maximum absolute atomic E-state index is 5.37. The fourth-order valence-corrected chi connectivity index (χ4v) is 0.668. The normalized spacial score (nSPS) is 20.6. The summed E-state index contributed by atoms with van der Waals surface area (Å²) in [5.41, 5.74) is 0. The first kappa shape index (κ1) is 6.78. The van der Waals surface area contributed by atoms with E-state index in [1.54, 1.807) is 0 Å². The molecule has 1 fully saturated rings. The highest BCUT2D eigenvalue weighted by Gasteiger charge is 2.15. The Kier molecular flexibility index (Phi) is 2.74. The van der Waals surface area contributed by atoms with E-state index in [-0.39, 0.29) is 0 Å². The molecular formula is C7H13NO. The van der Waals surface area contributed by atoms with Crippen LogP contribution in [0.25, 0.3) is 0 Å². The minimum atomic E-state index is 0.473. The molecule has 1 heterocycles. The van der Waals surface area contributed by atoms with Gasteiger partial charge in [0.25, 0.3) is 0 Å². The Bertz CT molecular complexity index is 97.1. The second-order valence-electron chi connectivity index (χ2n) is 2.18. The Morgan fingerprint density at radius 1 is 1.67 bits per heavy atom. The zero-order chi connectivity index (χ0) is 6.53. The van der Waals surface area contributed by atoms with Crippen LogP contribution >= 0.6 is 0 Å². The van der Waals surface area contributed by atoms with Crippen LogP contribution in [0.1, 0.15) is 6.92 Å². The Hall–Kier alpha value is -0.340. The maximum Gasteiger partial charge on any atom is 0.0827 e. The standard InChI is InChI=1S/C7H13NO/c1-2-3-4-9-7-5-8-6-7/h2-3,7-8H,4-6H2,1H3/b3-2+. The van der Waals surface area contributed by atoms with E-state index in [1.165, 1.54) is 0 Å². The minimum Gasteiger partial charge on any atom is -0.372 e. The van der Waals surface area contributed by atoms with E-state index < -0.39 is 0 Å². The number of hydrogen-bond acceptors (Lipinski definition) is 2. The SMILES string of the molecule is C/C=C/COC1CNC1. The number of ether oxygens (including phenoxy) is 1. The van der Waals surface area contributed by atoms with Gasteiger partial charge < -0.3 is 10.1 Å². The average molecular weight is 127 g/mol. The van der Waals surface area contributed by atoms with E-state index in [9.17, 15) is 0 Å². The summed E-state index contributed by atoms with van der Waals surface area (Å²) < 4.78 is 5.37.